The molecule has 1 aromatic rings. The smallest absolute Gasteiger partial charge is 0.141 e. The molecule has 0 aromatic heterocycles. The quantitative estimate of drug-likeness (QED) is 0.529. The Labute approximate surface area is 122 Å². The molecule has 0 amide bonds. The average Bonchev–Trinajstić information content (AvgIpc) is 2.33. The van der Waals surface area contributed by atoms with Crippen LogP contribution in [-0.2, 0) is 6.42 Å². The van der Waals surface area contributed by atoms with Crippen molar-refractivity contribution < 1.29 is 4.74 Å². The van der Waals surface area contributed by atoms with Gasteiger partial charge in [0, 0.05) is 10.8 Å². The number of thiocyanates is 1. The van der Waals surface area contributed by atoms with Crippen LogP contribution in [0.5, 0.6) is 5.75 Å². The van der Waals surface area contributed by atoms with Crippen LogP contribution >= 0.6 is 35.0 Å². The van der Waals surface area contributed by atoms with Crippen LogP contribution in [0.4, 0.5) is 0 Å². The van der Waals surface area contributed by atoms with Gasteiger partial charge in [0.25, 0.3) is 0 Å². The highest BCUT2D eigenvalue weighted by molar-refractivity contribution is 8.03. The third-order valence-electron chi connectivity index (χ3n) is 2.29. The van der Waals surface area contributed by atoms with Gasteiger partial charge in [-0.25, -0.2) is 0 Å². The minimum absolute atomic E-state index is 0.555. The van der Waals surface area contributed by atoms with Crippen LogP contribution in [-0.4, -0.2) is 12.4 Å². The highest BCUT2D eigenvalue weighted by Gasteiger charge is 2.10. The molecule has 0 N–H and O–H groups in total. The number of halogens is 2. The summed E-state index contributed by atoms with van der Waals surface area (Å²) in [5.41, 5.74) is 1.01. The van der Waals surface area contributed by atoms with Gasteiger partial charge in [0.2, 0.25) is 0 Å². The summed E-state index contributed by atoms with van der Waals surface area (Å²) in [5.74, 6) is 1.53. The molecular weight excluding hydrogens is 289 g/mol. The van der Waals surface area contributed by atoms with Gasteiger partial charge in [0.15, 0.2) is 0 Å². The molecule has 0 saturated carbocycles. The number of aryl methyl sites for hydroxylation is 1. The van der Waals surface area contributed by atoms with E-state index in [9.17, 15) is 0 Å². The van der Waals surface area contributed by atoms with Crippen molar-refractivity contribution in [1.29, 1.82) is 5.26 Å². The van der Waals surface area contributed by atoms with E-state index in [1.165, 1.54) is 11.8 Å². The van der Waals surface area contributed by atoms with Crippen LogP contribution in [0, 0.1) is 10.7 Å². The maximum atomic E-state index is 8.47. The molecule has 0 bridgehead atoms. The molecular formula is C13H15Cl2NOS. The topological polar surface area (TPSA) is 33.0 Å². The molecule has 0 atom stereocenters. The van der Waals surface area contributed by atoms with Crippen LogP contribution in [0.25, 0.3) is 0 Å². The fourth-order valence-corrected chi connectivity index (χ4v) is 2.52. The van der Waals surface area contributed by atoms with Crippen LogP contribution < -0.4 is 4.74 Å². The molecule has 0 radical (unpaired) electrons. The van der Waals surface area contributed by atoms with Crippen molar-refractivity contribution >= 4 is 35.0 Å². The van der Waals surface area contributed by atoms with Crippen molar-refractivity contribution in [3.8, 4) is 11.2 Å². The maximum Gasteiger partial charge on any atom is 0.141 e. The van der Waals surface area contributed by atoms with Crippen LogP contribution in [0.2, 0.25) is 10.0 Å². The molecule has 0 aliphatic rings. The summed E-state index contributed by atoms with van der Waals surface area (Å²) in [7, 11) is 0. The predicted molar refractivity (Wildman–Crippen MR) is 78.6 cm³/mol. The molecule has 0 aliphatic heterocycles. The van der Waals surface area contributed by atoms with E-state index in [2.05, 4.69) is 5.40 Å². The first-order valence-electron chi connectivity index (χ1n) is 5.80. The lowest BCUT2D eigenvalue weighted by Crippen LogP contribution is -2.00. The summed E-state index contributed by atoms with van der Waals surface area (Å²) in [4.78, 5) is 0. The van der Waals surface area contributed by atoms with Gasteiger partial charge in [-0.15, -0.1) is 0 Å². The first-order chi connectivity index (χ1) is 8.69. The Morgan fingerprint density at radius 1 is 1.39 bits per heavy atom. The molecule has 1 rings (SSSR count). The van der Waals surface area contributed by atoms with Crippen molar-refractivity contribution in [3.63, 3.8) is 0 Å². The number of benzene rings is 1. The van der Waals surface area contributed by atoms with Crippen LogP contribution in [0.1, 0.15) is 25.3 Å². The third kappa shape index (κ3) is 4.97. The lowest BCUT2D eigenvalue weighted by atomic mass is 10.1. The monoisotopic (exact) mass is 303 g/mol. The molecule has 18 heavy (non-hydrogen) atoms. The van der Waals surface area contributed by atoms with Gasteiger partial charge >= 0.3 is 0 Å². The zero-order valence-electron chi connectivity index (χ0n) is 10.2. The molecule has 0 fully saturated rings. The average molecular weight is 304 g/mol. The van der Waals surface area contributed by atoms with E-state index in [1.807, 2.05) is 13.0 Å². The number of hydrogen-bond donors (Lipinski definition) is 0. The molecule has 0 unspecified atom stereocenters. The number of nitriles is 1. The van der Waals surface area contributed by atoms with E-state index in [0.717, 1.165) is 36.3 Å². The van der Waals surface area contributed by atoms with E-state index in [4.69, 9.17) is 33.2 Å². The Balaban J connectivity index is 2.76. The summed E-state index contributed by atoms with van der Waals surface area (Å²) < 4.78 is 5.67. The molecule has 98 valence electrons. The van der Waals surface area contributed by atoms with Gasteiger partial charge in [-0.05, 0) is 48.7 Å². The van der Waals surface area contributed by atoms with E-state index >= 15 is 0 Å². The highest BCUT2D eigenvalue weighted by Crippen LogP contribution is 2.33. The predicted octanol–water partition coefficient (Wildman–Crippen LogP) is 4.93. The molecule has 0 aliphatic carbocycles. The number of nitrogens with zero attached hydrogens (tertiary/aromatic N) is 1. The first-order valence-corrected chi connectivity index (χ1v) is 7.54. The number of ether oxygens (including phenoxy) is 1. The largest absolute Gasteiger partial charge is 0.492 e. The molecule has 2 nitrogen and oxygen atoms in total. The Bertz CT molecular complexity index is 432. The number of rotatable bonds is 7. The van der Waals surface area contributed by atoms with Gasteiger partial charge in [-0.3, -0.25) is 0 Å². The van der Waals surface area contributed by atoms with Gasteiger partial charge < -0.3 is 4.74 Å². The van der Waals surface area contributed by atoms with Crippen molar-refractivity contribution in [1.82, 2.24) is 0 Å². The van der Waals surface area contributed by atoms with Crippen molar-refractivity contribution in [2.24, 2.45) is 0 Å². The summed E-state index contributed by atoms with van der Waals surface area (Å²) in [6.07, 6.45) is 2.65. The summed E-state index contributed by atoms with van der Waals surface area (Å²) in [6.45, 7) is 2.69. The van der Waals surface area contributed by atoms with E-state index < -0.39 is 0 Å². The second-order valence-electron chi connectivity index (χ2n) is 3.77. The summed E-state index contributed by atoms with van der Waals surface area (Å²) in [5, 5.41) is 11.7. The Morgan fingerprint density at radius 3 is 2.83 bits per heavy atom. The summed E-state index contributed by atoms with van der Waals surface area (Å²) >= 11 is 13.4. The van der Waals surface area contributed by atoms with E-state index in [1.54, 1.807) is 6.07 Å². The lowest BCUT2D eigenvalue weighted by Gasteiger charge is -2.13. The van der Waals surface area contributed by atoms with E-state index in [-0.39, 0.29) is 0 Å². The lowest BCUT2D eigenvalue weighted by molar-refractivity contribution is 0.314. The van der Waals surface area contributed by atoms with Gasteiger partial charge in [-0.2, -0.15) is 5.26 Å². The van der Waals surface area contributed by atoms with E-state index in [0.29, 0.717) is 16.7 Å². The molecule has 1 aromatic carbocycles. The zero-order chi connectivity index (χ0) is 13.4. The fourth-order valence-electron chi connectivity index (χ4n) is 1.55. The minimum Gasteiger partial charge on any atom is -0.492 e. The number of thioether (sulfide) groups is 1. The second-order valence-corrected chi connectivity index (χ2v) is 5.49. The zero-order valence-corrected chi connectivity index (χ0v) is 12.5. The molecule has 0 spiro atoms. The molecule has 0 saturated heterocycles. The third-order valence-corrected chi connectivity index (χ3v) is 3.41. The standard InChI is InChI=1S/C13H15Cl2NOS/c1-2-5-17-13-10(4-3-6-18-9-16)7-11(14)8-12(13)15/h7-8H,2-6H2,1H3. The minimum atomic E-state index is 0.555. The molecule has 5 heteroatoms. The first kappa shape index (κ1) is 15.5. The van der Waals surface area contributed by atoms with Crippen LogP contribution in [0.3, 0.4) is 0 Å². The Kier molecular flexibility index (Phi) is 7.34. The van der Waals surface area contributed by atoms with Gasteiger partial charge in [0.1, 0.15) is 11.2 Å². The second kappa shape index (κ2) is 8.53. The van der Waals surface area contributed by atoms with Crippen molar-refractivity contribution in [2.75, 3.05) is 12.4 Å². The maximum absolute atomic E-state index is 8.47. The SMILES string of the molecule is CCCOc1c(Cl)cc(Cl)cc1CCCSC#N. The summed E-state index contributed by atoms with van der Waals surface area (Å²) in [6, 6.07) is 3.58. The highest BCUT2D eigenvalue weighted by atomic mass is 35.5. The van der Waals surface area contributed by atoms with Crippen molar-refractivity contribution in [2.45, 2.75) is 26.2 Å². The van der Waals surface area contributed by atoms with Crippen molar-refractivity contribution in [3.05, 3.63) is 27.7 Å². The Morgan fingerprint density at radius 2 is 2.17 bits per heavy atom. The number of hydrogen-bond acceptors (Lipinski definition) is 3. The molecule has 0 heterocycles. The van der Waals surface area contributed by atoms with Crippen LogP contribution in [0.15, 0.2) is 12.1 Å². The van der Waals surface area contributed by atoms with Gasteiger partial charge in [-0.1, -0.05) is 30.1 Å². The normalized spacial score (nSPS) is 10.1. The van der Waals surface area contributed by atoms with Gasteiger partial charge in [0.05, 0.1) is 11.6 Å². The fraction of sp³-hybridized carbons (Fsp3) is 0.462. The Hall–Kier alpha value is -0.560.